The van der Waals surface area contributed by atoms with Crippen molar-refractivity contribution in [2.75, 3.05) is 0 Å². The molecule has 0 atom stereocenters. The monoisotopic (exact) mass is 328 g/mol. The molecule has 0 radical (unpaired) electrons. The fourth-order valence-corrected chi connectivity index (χ4v) is 2.60. The SMILES string of the molecule is CC(=O)c1cc(C(=O)NCc2nnc(-c3ccccc3)s2)on1. The Bertz CT molecular complexity index is 841. The van der Waals surface area contributed by atoms with Crippen molar-refractivity contribution in [2.24, 2.45) is 0 Å². The minimum Gasteiger partial charge on any atom is -0.350 e. The number of ketones is 1. The average Bonchev–Trinajstić information content (AvgIpc) is 3.23. The van der Waals surface area contributed by atoms with Crippen LogP contribution in [0.4, 0.5) is 0 Å². The largest absolute Gasteiger partial charge is 0.350 e. The van der Waals surface area contributed by atoms with E-state index in [-0.39, 0.29) is 23.8 Å². The van der Waals surface area contributed by atoms with Crippen molar-refractivity contribution >= 4 is 23.0 Å². The van der Waals surface area contributed by atoms with Gasteiger partial charge in [-0.25, -0.2) is 0 Å². The molecule has 8 heteroatoms. The van der Waals surface area contributed by atoms with Crippen molar-refractivity contribution < 1.29 is 14.1 Å². The van der Waals surface area contributed by atoms with Gasteiger partial charge in [-0.1, -0.05) is 46.8 Å². The molecule has 0 aliphatic rings. The number of aromatic nitrogens is 3. The van der Waals surface area contributed by atoms with Gasteiger partial charge < -0.3 is 9.84 Å². The number of Topliss-reactive ketones (excluding diaryl/α,β-unsaturated/α-hetero) is 1. The maximum atomic E-state index is 11.9. The second-order valence-corrected chi connectivity index (χ2v) is 5.74. The Morgan fingerprint density at radius 1 is 1.22 bits per heavy atom. The number of carbonyl (C=O) groups excluding carboxylic acids is 2. The van der Waals surface area contributed by atoms with Crippen LogP contribution in [0.25, 0.3) is 10.6 Å². The van der Waals surface area contributed by atoms with E-state index in [2.05, 4.69) is 20.7 Å². The van der Waals surface area contributed by atoms with Crippen LogP contribution in [0.2, 0.25) is 0 Å². The molecule has 0 fully saturated rings. The number of amides is 1. The van der Waals surface area contributed by atoms with E-state index in [0.717, 1.165) is 10.6 Å². The highest BCUT2D eigenvalue weighted by atomic mass is 32.1. The van der Waals surface area contributed by atoms with Gasteiger partial charge in [0.05, 0.1) is 6.54 Å². The van der Waals surface area contributed by atoms with Crippen molar-refractivity contribution in [3.8, 4) is 10.6 Å². The Morgan fingerprint density at radius 2 is 2.00 bits per heavy atom. The number of nitrogens with zero attached hydrogens (tertiary/aromatic N) is 3. The predicted octanol–water partition coefficient (Wildman–Crippen LogP) is 2.33. The van der Waals surface area contributed by atoms with E-state index in [9.17, 15) is 9.59 Å². The van der Waals surface area contributed by atoms with Gasteiger partial charge in [0.2, 0.25) is 5.76 Å². The molecule has 0 saturated carbocycles. The number of hydrogen-bond donors (Lipinski definition) is 1. The smallest absolute Gasteiger partial charge is 0.290 e. The quantitative estimate of drug-likeness (QED) is 0.722. The first-order valence-electron chi connectivity index (χ1n) is 6.77. The minimum atomic E-state index is -0.457. The molecule has 1 amide bonds. The van der Waals surface area contributed by atoms with E-state index < -0.39 is 5.91 Å². The van der Waals surface area contributed by atoms with Crippen LogP contribution in [0.5, 0.6) is 0 Å². The van der Waals surface area contributed by atoms with Gasteiger partial charge in [-0.2, -0.15) is 0 Å². The lowest BCUT2D eigenvalue weighted by atomic mass is 10.2. The van der Waals surface area contributed by atoms with Crippen molar-refractivity contribution in [2.45, 2.75) is 13.5 Å². The first kappa shape index (κ1) is 15.0. The van der Waals surface area contributed by atoms with Gasteiger partial charge in [-0.05, 0) is 0 Å². The van der Waals surface area contributed by atoms with E-state index in [1.807, 2.05) is 30.3 Å². The average molecular weight is 328 g/mol. The fourth-order valence-electron chi connectivity index (χ4n) is 1.81. The van der Waals surface area contributed by atoms with Crippen LogP contribution < -0.4 is 5.32 Å². The molecular weight excluding hydrogens is 316 g/mol. The van der Waals surface area contributed by atoms with Gasteiger partial charge >= 0.3 is 0 Å². The summed E-state index contributed by atoms with van der Waals surface area (Å²) in [5.41, 5.74) is 1.10. The second kappa shape index (κ2) is 6.49. The number of rotatable bonds is 5. The lowest BCUT2D eigenvalue weighted by molar-refractivity contribution is 0.0911. The predicted molar refractivity (Wildman–Crippen MR) is 83.0 cm³/mol. The van der Waals surface area contributed by atoms with Crippen LogP contribution in [-0.2, 0) is 6.54 Å². The maximum absolute atomic E-state index is 11.9. The molecule has 0 unspecified atom stereocenters. The van der Waals surface area contributed by atoms with Gasteiger partial charge in [0.15, 0.2) is 5.78 Å². The Hall–Kier alpha value is -2.87. The Labute approximate surface area is 135 Å². The first-order chi connectivity index (χ1) is 11.1. The third-order valence-electron chi connectivity index (χ3n) is 2.98. The fraction of sp³-hybridized carbons (Fsp3) is 0.133. The van der Waals surface area contributed by atoms with E-state index >= 15 is 0 Å². The molecule has 2 aromatic heterocycles. The molecule has 1 aromatic carbocycles. The lowest BCUT2D eigenvalue weighted by Gasteiger charge is -1.97. The zero-order valence-electron chi connectivity index (χ0n) is 12.1. The van der Waals surface area contributed by atoms with Crippen LogP contribution in [0.15, 0.2) is 40.9 Å². The summed E-state index contributed by atoms with van der Waals surface area (Å²) in [4.78, 5) is 23.1. The zero-order chi connectivity index (χ0) is 16.2. The highest BCUT2D eigenvalue weighted by Gasteiger charge is 2.15. The van der Waals surface area contributed by atoms with Crippen molar-refractivity contribution in [1.82, 2.24) is 20.7 Å². The number of hydrogen-bond acceptors (Lipinski definition) is 7. The Balaban J connectivity index is 1.63. The summed E-state index contributed by atoms with van der Waals surface area (Å²) in [6.07, 6.45) is 0. The molecule has 2 heterocycles. The highest BCUT2D eigenvalue weighted by molar-refractivity contribution is 7.14. The Kier molecular flexibility index (Phi) is 4.24. The Morgan fingerprint density at radius 3 is 2.70 bits per heavy atom. The van der Waals surface area contributed by atoms with Gasteiger partial charge in [0.1, 0.15) is 15.7 Å². The zero-order valence-corrected chi connectivity index (χ0v) is 13.0. The third kappa shape index (κ3) is 3.49. The van der Waals surface area contributed by atoms with Crippen LogP contribution >= 0.6 is 11.3 Å². The summed E-state index contributed by atoms with van der Waals surface area (Å²) in [7, 11) is 0. The van der Waals surface area contributed by atoms with Gasteiger partial charge in [-0.3, -0.25) is 9.59 Å². The van der Waals surface area contributed by atoms with Crippen LogP contribution in [0, 0.1) is 0 Å². The summed E-state index contributed by atoms with van der Waals surface area (Å²) in [6.45, 7) is 1.57. The molecule has 1 N–H and O–H groups in total. The molecule has 23 heavy (non-hydrogen) atoms. The molecule has 0 aliphatic heterocycles. The van der Waals surface area contributed by atoms with Crippen molar-refractivity contribution in [1.29, 1.82) is 0 Å². The molecule has 7 nitrogen and oxygen atoms in total. The highest BCUT2D eigenvalue weighted by Crippen LogP contribution is 2.22. The standard InChI is InChI=1S/C15H12N4O3S/c1-9(20)11-7-12(22-19-11)14(21)16-8-13-17-18-15(23-13)10-5-3-2-4-6-10/h2-7H,8H2,1H3,(H,16,21). The van der Waals surface area contributed by atoms with Crippen molar-refractivity contribution in [3.05, 3.63) is 52.9 Å². The maximum Gasteiger partial charge on any atom is 0.290 e. The number of benzene rings is 1. The summed E-state index contributed by atoms with van der Waals surface area (Å²) < 4.78 is 4.84. The summed E-state index contributed by atoms with van der Waals surface area (Å²) >= 11 is 1.40. The van der Waals surface area contributed by atoms with E-state index in [0.29, 0.717) is 5.01 Å². The number of carbonyl (C=O) groups is 2. The summed E-state index contributed by atoms with van der Waals surface area (Å²) in [5, 5.41) is 15.8. The summed E-state index contributed by atoms with van der Waals surface area (Å²) in [6, 6.07) is 11.0. The molecule has 0 aliphatic carbocycles. The lowest BCUT2D eigenvalue weighted by Crippen LogP contribution is -2.22. The molecular formula is C15H12N4O3S. The molecule has 3 aromatic rings. The van der Waals surface area contributed by atoms with Gasteiger partial charge in [0.25, 0.3) is 5.91 Å². The first-order valence-corrected chi connectivity index (χ1v) is 7.59. The minimum absolute atomic E-state index is 0.0111. The molecule has 116 valence electrons. The van der Waals surface area contributed by atoms with Crippen LogP contribution in [0.3, 0.4) is 0 Å². The van der Waals surface area contributed by atoms with Gasteiger partial charge in [-0.15, -0.1) is 10.2 Å². The molecule has 0 saturated heterocycles. The van der Waals surface area contributed by atoms with Gasteiger partial charge in [0, 0.05) is 18.6 Å². The van der Waals surface area contributed by atoms with E-state index in [1.54, 1.807) is 0 Å². The van der Waals surface area contributed by atoms with Crippen LogP contribution in [-0.4, -0.2) is 27.0 Å². The van der Waals surface area contributed by atoms with Crippen molar-refractivity contribution in [3.63, 3.8) is 0 Å². The van der Waals surface area contributed by atoms with E-state index in [4.69, 9.17) is 4.52 Å². The molecule has 0 spiro atoms. The number of nitrogens with one attached hydrogen (secondary N) is 1. The molecule has 0 bridgehead atoms. The topological polar surface area (TPSA) is 98.0 Å². The second-order valence-electron chi connectivity index (χ2n) is 4.68. The van der Waals surface area contributed by atoms with Crippen LogP contribution in [0.1, 0.15) is 33.0 Å². The van der Waals surface area contributed by atoms with E-state index in [1.165, 1.54) is 24.3 Å². The molecule has 3 rings (SSSR count). The third-order valence-corrected chi connectivity index (χ3v) is 3.95. The summed E-state index contributed by atoms with van der Waals surface area (Å²) in [5.74, 6) is -0.728. The normalized spacial score (nSPS) is 10.5.